The predicted octanol–water partition coefficient (Wildman–Crippen LogP) is 4.33. The Morgan fingerprint density at radius 2 is 1.92 bits per heavy atom. The fraction of sp³-hybridized carbons (Fsp3) is 0.118. The van der Waals surface area contributed by atoms with E-state index >= 15 is 0 Å². The van der Waals surface area contributed by atoms with Crippen molar-refractivity contribution in [2.45, 2.75) is 0 Å². The van der Waals surface area contributed by atoms with Crippen molar-refractivity contribution in [3.8, 4) is 17.6 Å². The quantitative estimate of drug-likeness (QED) is 0.349. The van der Waals surface area contributed by atoms with Gasteiger partial charge in [0, 0.05) is 6.07 Å². The molecule has 0 aliphatic heterocycles. The van der Waals surface area contributed by atoms with Gasteiger partial charge in [-0.15, -0.1) is 0 Å². The third-order valence-electron chi connectivity index (χ3n) is 3.29. The summed E-state index contributed by atoms with van der Waals surface area (Å²) < 4.78 is 10.4. The van der Waals surface area contributed by atoms with E-state index in [1.54, 1.807) is 30.3 Å². The van der Waals surface area contributed by atoms with Crippen molar-refractivity contribution in [3.63, 3.8) is 0 Å². The molecule has 2 aromatic carbocycles. The van der Waals surface area contributed by atoms with Crippen molar-refractivity contribution in [3.05, 3.63) is 62.7 Å². The normalized spacial score (nSPS) is 10.8. The minimum atomic E-state index is -0.567. The Balaban J connectivity index is 2.49. The molecule has 0 aromatic heterocycles. The summed E-state index contributed by atoms with van der Waals surface area (Å²) in [5, 5.41) is 20.4. The second-order valence-corrected chi connectivity index (χ2v) is 5.11. The van der Waals surface area contributed by atoms with Crippen LogP contribution in [0.25, 0.3) is 11.6 Å². The minimum Gasteiger partial charge on any atom is -0.493 e. The number of ether oxygens (including phenoxy) is 2. The monoisotopic (exact) mass is 344 g/mol. The minimum absolute atomic E-state index is 0.0433. The summed E-state index contributed by atoms with van der Waals surface area (Å²) in [7, 11) is 3.02. The maximum Gasteiger partial charge on any atom is 0.288 e. The molecule has 0 amide bonds. The van der Waals surface area contributed by atoms with Gasteiger partial charge in [-0.2, -0.15) is 5.26 Å². The first kappa shape index (κ1) is 17.3. The van der Waals surface area contributed by atoms with E-state index in [1.165, 1.54) is 26.4 Å². The van der Waals surface area contributed by atoms with E-state index < -0.39 is 4.92 Å². The lowest BCUT2D eigenvalue weighted by molar-refractivity contribution is -0.384. The molecule has 0 N–H and O–H groups in total. The molecule has 0 heterocycles. The zero-order valence-corrected chi connectivity index (χ0v) is 13.7. The second-order valence-electron chi connectivity index (χ2n) is 4.71. The summed E-state index contributed by atoms with van der Waals surface area (Å²) in [6.45, 7) is 0. The fourth-order valence-electron chi connectivity index (χ4n) is 2.11. The smallest absolute Gasteiger partial charge is 0.288 e. The number of nitro benzene ring substituents is 1. The van der Waals surface area contributed by atoms with E-state index in [0.717, 1.165) is 0 Å². The maximum atomic E-state index is 11.0. The summed E-state index contributed by atoms with van der Waals surface area (Å²) in [5.74, 6) is 1.03. The van der Waals surface area contributed by atoms with Crippen LogP contribution in [0, 0.1) is 21.4 Å². The molecular weight excluding hydrogens is 332 g/mol. The van der Waals surface area contributed by atoms with Crippen LogP contribution in [0.5, 0.6) is 11.5 Å². The molecule has 24 heavy (non-hydrogen) atoms. The lowest BCUT2D eigenvalue weighted by Crippen LogP contribution is -1.92. The molecule has 0 aliphatic rings. The van der Waals surface area contributed by atoms with Gasteiger partial charge in [-0.05, 0) is 41.5 Å². The van der Waals surface area contributed by atoms with Crippen molar-refractivity contribution in [2.24, 2.45) is 0 Å². The number of benzene rings is 2. The summed E-state index contributed by atoms with van der Waals surface area (Å²) in [6.07, 6.45) is 1.55. The second kappa shape index (κ2) is 7.49. The van der Waals surface area contributed by atoms with Crippen LogP contribution in [0.2, 0.25) is 5.02 Å². The molecule has 0 unspecified atom stereocenters. The number of nitro groups is 1. The third kappa shape index (κ3) is 3.65. The van der Waals surface area contributed by atoms with E-state index in [4.69, 9.17) is 21.1 Å². The van der Waals surface area contributed by atoms with Crippen LogP contribution >= 0.6 is 11.6 Å². The van der Waals surface area contributed by atoms with Crippen LogP contribution in [-0.2, 0) is 0 Å². The standard InChI is InChI=1S/C17H13ClN2O4/c1-23-16-6-4-12(9-17(16)24-2)13(10-19)7-11-3-5-14(18)15(8-11)20(21)22/h3-9H,1-2H3. The van der Waals surface area contributed by atoms with Gasteiger partial charge in [-0.25, -0.2) is 0 Å². The zero-order valence-electron chi connectivity index (χ0n) is 12.9. The van der Waals surface area contributed by atoms with Gasteiger partial charge < -0.3 is 9.47 Å². The molecular formula is C17H13ClN2O4. The number of nitrogens with zero attached hydrogens (tertiary/aromatic N) is 2. The van der Waals surface area contributed by atoms with E-state index in [1.807, 2.05) is 0 Å². The zero-order chi connectivity index (χ0) is 17.7. The van der Waals surface area contributed by atoms with Gasteiger partial charge in [0.05, 0.1) is 30.8 Å². The van der Waals surface area contributed by atoms with Crippen molar-refractivity contribution < 1.29 is 14.4 Å². The van der Waals surface area contributed by atoms with Crippen molar-refractivity contribution in [1.82, 2.24) is 0 Å². The summed E-state index contributed by atoms with van der Waals surface area (Å²) in [6, 6.07) is 11.5. The molecule has 7 heteroatoms. The topological polar surface area (TPSA) is 85.4 Å². The van der Waals surface area contributed by atoms with Crippen LogP contribution in [0.4, 0.5) is 5.69 Å². The molecule has 2 rings (SSSR count). The van der Waals surface area contributed by atoms with Crippen LogP contribution in [-0.4, -0.2) is 19.1 Å². The molecule has 2 aromatic rings. The molecule has 6 nitrogen and oxygen atoms in total. The maximum absolute atomic E-state index is 11.0. The third-order valence-corrected chi connectivity index (χ3v) is 3.61. The van der Waals surface area contributed by atoms with Crippen molar-refractivity contribution >= 4 is 28.9 Å². The number of hydrogen-bond acceptors (Lipinski definition) is 5. The first-order valence-electron chi connectivity index (χ1n) is 6.78. The molecule has 0 aliphatic carbocycles. The number of nitriles is 1. The number of hydrogen-bond donors (Lipinski definition) is 0. The van der Waals surface area contributed by atoms with Gasteiger partial charge >= 0.3 is 0 Å². The van der Waals surface area contributed by atoms with Crippen LogP contribution in [0.3, 0.4) is 0 Å². The van der Waals surface area contributed by atoms with Gasteiger partial charge in [-0.1, -0.05) is 17.7 Å². The van der Waals surface area contributed by atoms with E-state index in [-0.39, 0.29) is 10.7 Å². The Labute approximate surface area is 143 Å². The Kier molecular flexibility index (Phi) is 5.40. The number of rotatable bonds is 5. The van der Waals surface area contributed by atoms with Crippen LogP contribution in [0.1, 0.15) is 11.1 Å². The molecule has 0 fully saturated rings. The van der Waals surface area contributed by atoms with Crippen molar-refractivity contribution in [2.75, 3.05) is 14.2 Å². The first-order chi connectivity index (χ1) is 11.5. The Bertz CT molecular complexity index is 856. The molecule has 0 saturated heterocycles. The first-order valence-corrected chi connectivity index (χ1v) is 7.16. The Hall–Kier alpha value is -3.04. The van der Waals surface area contributed by atoms with Crippen molar-refractivity contribution in [1.29, 1.82) is 5.26 Å². The molecule has 0 bridgehead atoms. The highest BCUT2D eigenvalue weighted by Gasteiger charge is 2.13. The lowest BCUT2D eigenvalue weighted by Gasteiger charge is -2.09. The number of methoxy groups -OCH3 is 2. The summed E-state index contributed by atoms with van der Waals surface area (Å²) in [5.41, 5.74) is 1.22. The number of allylic oxidation sites excluding steroid dienone is 1. The van der Waals surface area contributed by atoms with Gasteiger partial charge in [0.25, 0.3) is 5.69 Å². The molecule has 0 saturated carbocycles. The van der Waals surface area contributed by atoms with E-state index in [2.05, 4.69) is 6.07 Å². The number of halogens is 1. The van der Waals surface area contributed by atoms with Gasteiger partial charge in [-0.3, -0.25) is 10.1 Å². The molecule has 0 spiro atoms. The predicted molar refractivity (Wildman–Crippen MR) is 91.1 cm³/mol. The average molecular weight is 345 g/mol. The van der Waals surface area contributed by atoms with E-state index in [9.17, 15) is 15.4 Å². The molecule has 0 radical (unpaired) electrons. The SMILES string of the molecule is COc1ccc(C(C#N)=Cc2ccc(Cl)c([N+](=O)[O-])c2)cc1OC. The largest absolute Gasteiger partial charge is 0.493 e. The molecule has 122 valence electrons. The van der Waals surface area contributed by atoms with E-state index in [0.29, 0.717) is 28.2 Å². The molecule has 0 atom stereocenters. The van der Waals surface area contributed by atoms with Crippen LogP contribution in [0.15, 0.2) is 36.4 Å². The lowest BCUT2D eigenvalue weighted by atomic mass is 10.0. The fourth-order valence-corrected chi connectivity index (χ4v) is 2.30. The highest BCUT2D eigenvalue weighted by Crippen LogP contribution is 2.32. The van der Waals surface area contributed by atoms with Crippen LogP contribution < -0.4 is 9.47 Å². The van der Waals surface area contributed by atoms with Gasteiger partial charge in [0.15, 0.2) is 11.5 Å². The summed E-state index contributed by atoms with van der Waals surface area (Å²) in [4.78, 5) is 10.4. The average Bonchev–Trinajstić information content (AvgIpc) is 2.60. The van der Waals surface area contributed by atoms with Gasteiger partial charge in [0.2, 0.25) is 0 Å². The Morgan fingerprint density at radius 1 is 1.21 bits per heavy atom. The Morgan fingerprint density at radius 3 is 2.50 bits per heavy atom. The highest BCUT2D eigenvalue weighted by molar-refractivity contribution is 6.32. The summed E-state index contributed by atoms with van der Waals surface area (Å²) >= 11 is 5.79. The highest BCUT2D eigenvalue weighted by atomic mass is 35.5. The van der Waals surface area contributed by atoms with Gasteiger partial charge in [0.1, 0.15) is 5.02 Å².